The first-order valence-electron chi connectivity index (χ1n) is 4.80. The summed E-state index contributed by atoms with van der Waals surface area (Å²) in [5, 5.41) is 2.92. The topological polar surface area (TPSA) is 21.3 Å². The summed E-state index contributed by atoms with van der Waals surface area (Å²) in [6.45, 7) is 0.625. The summed E-state index contributed by atoms with van der Waals surface area (Å²) in [4.78, 5) is 0. The molecule has 0 saturated carbocycles. The highest BCUT2D eigenvalue weighted by Gasteiger charge is 2.12. The predicted octanol–water partition coefficient (Wildman–Crippen LogP) is 1.87. The number of halogens is 2. The van der Waals surface area contributed by atoms with E-state index >= 15 is 0 Å². The van der Waals surface area contributed by atoms with Crippen molar-refractivity contribution in [3.8, 4) is 0 Å². The summed E-state index contributed by atoms with van der Waals surface area (Å²) in [7, 11) is 3.21. The van der Waals surface area contributed by atoms with Gasteiger partial charge in [-0.3, -0.25) is 0 Å². The second kappa shape index (κ2) is 5.78. The maximum Gasteiger partial charge on any atom is 0.134 e. The summed E-state index contributed by atoms with van der Waals surface area (Å²) < 4.78 is 31.7. The quantitative estimate of drug-likeness (QED) is 0.809. The maximum absolute atomic E-state index is 13.7. The molecule has 84 valence electrons. The third kappa shape index (κ3) is 2.97. The highest BCUT2D eigenvalue weighted by Crippen LogP contribution is 2.18. The van der Waals surface area contributed by atoms with Crippen molar-refractivity contribution in [2.45, 2.75) is 13.0 Å². The lowest BCUT2D eigenvalue weighted by molar-refractivity contribution is 0.177. The van der Waals surface area contributed by atoms with Crippen LogP contribution in [0.25, 0.3) is 0 Å². The second-order valence-electron chi connectivity index (χ2n) is 3.29. The van der Waals surface area contributed by atoms with E-state index in [0.29, 0.717) is 18.5 Å². The average molecular weight is 215 g/mol. The van der Waals surface area contributed by atoms with Crippen molar-refractivity contribution in [1.82, 2.24) is 5.32 Å². The molecule has 4 heteroatoms. The molecule has 0 saturated heterocycles. The molecule has 1 aromatic rings. The fraction of sp³-hybridized carbons (Fsp3) is 0.455. The van der Waals surface area contributed by atoms with Crippen molar-refractivity contribution in [3.63, 3.8) is 0 Å². The van der Waals surface area contributed by atoms with Gasteiger partial charge in [0, 0.05) is 12.7 Å². The molecule has 0 radical (unpaired) electrons. The number of methoxy groups -OCH3 is 1. The Hall–Kier alpha value is -1.00. The molecule has 1 aromatic carbocycles. The van der Waals surface area contributed by atoms with Gasteiger partial charge >= 0.3 is 0 Å². The van der Waals surface area contributed by atoms with E-state index in [9.17, 15) is 8.78 Å². The summed E-state index contributed by atoms with van der Waals surface area (Å²) in [5.41, 5.74) is 0.518. The van der Waals surface area contributed by atoms with Crippen molar-refractivity contribution in [1.29, 1.82) is 0 Å². The molecule has 1 rings (SSSR count). The Balaban J connectivity index is 2.94. The molecule has 1 N–H and O–H groups in total. The molecule has 15 heavy (non-hydrogen) atoms. The molecule has 0 atom stereocenters. The lowest BCUT2D eigenvalue weighted by atomic mass is 10.1. The van der Waals surface area contributed by atoms with Crippen molar-refractivity contribution in [2.75, 3.05) is 20.7 Å². The van der Waals surface area contributed by atoms with Crippen LogP contribution < -0.4 is 5.32 Å². The van der Waals surface area contributed by atoms with Gasteiger partial charge in [-0.15, -0.1) is 0 Å². The standard InChI is InChI=1S/C11H15F2NO/c1-14-6-5-8-3-4-10(12)9(7-15-2)11(8)13/h3-4,14H,5-7H2,1-2H3. The largest absolute Gasteiger partial charge is 0.380 e. The Morgan fingerprint density at radius 3 is 2.67 bits per heavy atom. The highest BCUT2D eigenvalue weighted by molar-refractivity contribution is 5.27. The van der Waals surface area contributed by atoms with Crippen LogP contribution in [0.15, 0.2) is 12.1 Å². The molecule has 0 aliphatic heterocycles. The molecule has 0 aliphatic rings. The molecule has 2 nitrogen and oxygen atoms in total. The van der Waals surface area contributed by atoms with Crippen LogP contribution in [-0.4, -0.2) is 20.7 Å². The van der Waals surface area contributed by atoms with E-state index < -0.39 is 11.6 Å². The molecular formula is C11H15F2NO. The van der Waals surface area contributed by atoms with Crippen LogP contribution in [0.1, 0.15) is 11.1 Å². The highest BCUT2D eigenvalue weighted by atomic mass is 19.1. The Bertz CT molecular complexity index is 329. The number of hydrogen-bond donors (Lipinski definition) is 1. The van der Waals surface area contributed by atoms with Gasteiger partial charge < -0.3 is 10.1 Å². The molecule has 0 spiro atoms. The van der Waals surface area contributed by atoms with E-state index in [-0.39, 0.29) is 12.2 Å². The first kappa shape index (κ1) is 12.1. The first-order chi connectivity index (χ1) is 7.20. The lowest BCUT2D eigenvalue weighted by Gasteiger charge is -2.08. The van der Waals surface area contributed by atoms with Crippen molar-refractivity contribution < 1.29 is 13.5 Å². The van der Waals surface area contributed by atoms with Gasteiger partial charge in [0.25, 0.3) is 0 Å². The van der Waals surface area contributed by atoms with Crippen LogP contribution >= 0.6 is 0 Å². The molecule has 0 heterocycles. The molecule has 0 fully saturated rings. The zero-order chi connectivity index (χ0) is 11.3. The first-order valence-corrected chi connectivity index (χ1v) is 4.80. The van der Waals surface area contributed by atoms with Crippen molar-refractivity contribution in [3.05, 3.63) is 34.9 Å². The minimum atomic E-state index is -0.553. The summed E-state index contributed by atoms with van der Waals surface area (Å²) in [6, 6.07) is 2.75. The zero-order valence-electron chi connectivity index (χ0n) is 8.94. The fourth-order valence-corrected chi connectivity index (χ4v) is 1.38. The van der Waals surface area contributed by atoms with E-state index in [1.807, 2.05) is 0 Å². The second-order valence-corrected chi connectivity index (χ2v) is 3.29. The molecule has 0 unspecified atom stereocenters. The molecular weight excluding hydrogens is 200 g/mol. The normalized spacial score (nSPS) is 10.7. The van der Waals surface area contributed by atoms with Gasteiger partial charge in [-0.05, 0) is 31.6 Å². The van der Waals surface area contributed by atoms with Gasteiger partial charge in [-0.1, -0.05) is 6.07 Å². The smallest absolute Gasteiger partial charge is 0.134 e. The van der Waals surface area contributed by atoms with Gasteiger partial charge in [0.05, 0.1) is 6.61 Å². The van der Waals surface area contributed by atoms with E-state index in [2.05, 4.69) is 5.32 Å². The number of nitrogens with one attached hydrogen (secondary N) is 1. The summed E-state index contributed by atoms with van der Waals surface area (Å²) in [5.74, 6) is -1.05. The number of rotatable bonds is 5. The summed E-state index contributed by atoms with van der Waals surface area (Å²) >= 11 is 0. The molecule has 0 aliphatic carbocycles. The van der Waals surface area contributed by atoms with E-state index in [4.69, 9.17) is 4.74 Å². The number of ether oxygens (including phenoxy) is 1. The molecule has 0 amide bonds. The van der Waals surface area contributed by atoms with Crippen LogP contribution in [0.3, 0.4) is 0 Å². The maximum atomic E-state index is 13.7. The number of benzene rings is 1. The Labute approximate surface area is 88.3 Å². The zero-order valence-corrected chi connectivity index (χ0v) is 8.94. The lowest BCUT2D eigenvalue weighted by Crippen LogP contribution is -2.12. The van der Waals surface area contributed by atoms with Crippen LogP contribution in [0.4, 0.5) is 8.78 Å². The van der Waals surface area contributed by atoms with Gasteiger partial charge in [-0.2, -0.15) is 0 Å². The van der Waals surface area contributed by atoms with E-state index in [1.54, 1.807) is 7.05 Å². The van der Waals surface area contributed by atoms with Gasteiger partial charge in [0.1, 0.15) is 11.6 Å². The predicted molar refractivity (Wildman–Crippen MR) is 54.7 cm³/mol. The van der Waals surface area contributed by atoms with Crippen LogP contribution in [0.5, 0.6) is 0 Å². The van der Waals surface area contributed by atoms with Gasteiger partial charge in [0.15, 0.2) is 0 Å². The van der Waals surface area contributed by atoms with Crippen molar-refractivity contribution in [2.24, 2.45) is 0 Å². The molecule has 0 bridgehead atoms. The Kier molecular flexibility index (Phi) is 4.65. The minimum absolute atomic E-state index is 0.00565. The minimum Gasteiger partial charge on any atom is -0.380 e. The Morgan fingerprint density at radius 2 is 2.07 bits per heavy atom. The Morgan fingerprint density at radius 1 is 1.33 bits per heavy atom. The van der Waals surface area contributed by atoms with Crippen LogP contribution in [-0.2, 0) is 17.8 Å². The monoisotopic (exact) mass is 215 g/mol. The average Bonchev–Trinajstić information content (AvgIpc) is 2.23. The summed E-state index contributed by atoms with van der Waals surface area (Å²) in [6.07, 6.45) is 0.541. The fourth-order valence-electron chi connectivity index (χ4n) is 1.38. The number of hydrogen-bond acceptors (Lipinski definition) is 2. The van der Waals surface area contributed by atoms with Crippen LogP contribution in [0.2, 0.25) is 0 Å². The van der Waals surface area contributed by atoms with E-state index in [1.165, 1.54) is 19.2 Å². The van der Waals surface area contributed by atoms with Gasteiger partial charge in [0.2, 0.25) is 0 Å². The van der Waals surface area contributed by atoms with Crippen LogP contribution in [0, 0.1) is 11.6 Å². The SMILES string of the molecule is CNCCc1ccc(F)c(COC)c1F. The molecule has 0 aromatic heterocycles. The van der Waals surface area contributed by atoms with Crippen molar-refractivity contribution >= 4 is 0 Å². The number of likely N-dealkylation sites (N-methyl/N-ethyl adjacent to an activating group) is 1. The third-order valence-electron chi connectivity index (χ3n) is 2.20. The third-order valence-corrected chi connectivity index (χ3v) is 2.20. The van der Waals surface area contributed by atoms with Gasteiger partial charge in [-0.25, -0.2) is 8.78 Å². The van der Waals surface area contributed by atoms with E-state index in [0.717, 1.165) is 0 Å².